The summed E-state index contributed by atoms with van der Waals surface area (Å²) in [6.07, 6.45) is 1.43. The molecule has 7 heteroatoms. The van der Waals surface area contributed by atoms with Crippen LogP contribution in [-0.4, -0.2) is 36.6 Å². The fourth-order valence-corrected chi connectivity index (χ4v) is 1.46. The quantitative estimate of drug-likeness (QED) is 0.665. The number of nitrogens with zero attached hydrogens (tertiary/aromatic N) is 1. The maximum Gasteiger partial charge on any atom is 0.340 e. The first-order chi connectivity index (χ1) is 9.01. The predicted octanol–water partition coefficient (Wildman–Crippen LogP) is 0.387. The van der Waals surface area contributed by atoms with Gasteiger partial charge in [0.15, 0.2) is 5.82 Å². The number of esters is 1. The molecule has 19 heavy (non-hydrogen) atoms. The van der Waals surface area contributed by atoms with Crippen LogP contribution in [0.25, 0.3) is 0 Å². The van der Waals surface area contributed by atoms with Gasteiger partial charge in [0.05, 0.1) is 17.9 Å². The van der Waals surface area contributed by atoms with E-state index in [1.165, 1.54) is 19.3 Å². The molecule has 0 spiro atoms. The number of aromatic nitrogens is 1. The van der Waals surface area contributed by atoms with Crippen molar-refractivity contribution < 1.29 is 14.3 Å². The second kappa shape index (κ2) is 6.58. The summed E-state index contributed by atoms with van der Waals surface area (Å²) in [6, 6.07) is 0.959. The number of nitrogen functional groups attached to an aromatic ring is 1. The van der Waals surface area contributed by atoms with Crippen LogP contribution in [0.1, 0.15) is 24.2 Å². The van der Waals surface area contributed by atoms with Gasteiger partial charge in [-0.3, -0.25) is 4.79 Å². The molecule has 7 nitrogen and oxygen atoms in total. The highest BCUT2D eigenvalue weighted by molar-refractivity contribution is 5.98. The lowest BCUT2D eigenvalue weighted by atomic mass is 10.2. The lowest BCUT2D eigenvalue weighted by Crippen LogP contribution is -2.35. The summed E-state index contributed by atoms with van der Waals surface area (Å²) >= 11 is 0. The number of nitrogens with two attached hydrogens (primary N) is 1. The minimum Gasteiger partial charge on any atom is -0.462 e. The molecule has 0 fully saturated rings. The summed E-state index contributed by atoms with van der Waals surface area (Å²) in [5.41, 5.74) is 6.24. The Labute approximate surface area is 111 Å². The van der Waals surface area contributed by atoms with E-state index in [-0.39, 0.29) is 29.6 Å². The zero-order valence-corrected chi connectivity index (χ0v) is 11.2. The van der Waals surface area contributed by atoms with Crippen LogP contribution in [0.2, 0.25) is 0 Å². The number of pyridine rings is 1. The minimum absolute atomic E-state index is 0.164. The summed E-state index contributed by atoms with van der Waals surface area (Å²) in [7, 11) is 1.53. The molecular weight excluding hydrogens is 248 g/mol. The molecule has 1 aromatic rings. The van der Waals surface area contributed by atoms with E-state index in [1.54, 1.807) is 13.8 Å². The number of hydrogen-bond acceptors (Lipinski definition) is 6. The fourth-order valence-electron chi connectivity index (χ4n) is 1.46. The van der Waals surface area contributed by atoms with Gasteiger partial charge in [0.1, 0.15) is 6.04 Å². The molecule has 0 aliphatic heterocycles. The number of carbonyl (C=O) groups is 2. The molecule has 1 unspecified atom stereocenters. The van der Waals surface area contributed by atoms with Gasteiger partial charge < -0.3 is 21.1 Å². The maximum atomic E-state index is 11.7. The van der Waals surface area contributed by atoms with E-state index >= 15 is 0 Å². The van der Waals surface area contributed by atoms with Crippen molar-refractivity contribution in [3.05, 3.63) is 17.8 Å². The zero-order valence-electron chi connectivity index (χ0n) is 11.2. The first-order valence-electron chi connectivity index (χ1n) is 5.91. The van der Waals surface area contributed by atoms with Gasteiger partial charge in [-0.1, -0.05) is 0 Å². The molecule has 0 radical (unpaired) electrons. The van der Waals surface area contributed by atoms with E-state index in [1.807, 2.05) is 0 Å². The smallest absolute Gasteiger partial charge is 0.340 e. The van der Waals surface area contributed by atoms with Crippen LogP contribution >= 0.6 is 0 Å². The Balaban J connectivity index is 2.95. The van der Waals surface area contributed by atoms with Gasteiger partial charge in [0, 0.05) is 13.2 Å². The third kappa shape index (κ3) is 3.57. The highest BCUT2D eigenvalue weighted by Crippen LogP contribution is 2.21. The highest BCUT2D eigenvalue weighted by Gasteiger charge is 2.17. The number of hydrogen-bond donors (Lipinski definition) is 3. The van der Waals surface area contributed by atoms with Gasteiger partial charge >= 0.3 is 5.97 Å². The molecular formula is C12H18N4O3. The number of ether oxygens (including phenoxy) is 1. The van der Waals surface area contributed by atoms with Crippen molar-refractivity contribution in [2.45, 2.75) is 19.9 Å². The summed E-state index contributed by atoms with van der Waals surface area (Å²) in [5, 5.41) is 5.34. The summed E-state index contributed by atoms with van der Waals surface area (Å²) in [4.78, 5) is 27.1. The van der Waals surface area contributed by atoms with Crippen LogP contribution < -0.4 is 16.4 Å². The van der Waals surface area contributed by atoms with E-state index in [0.29, 0.717) is 0 Å². The fraction of sp³-hybridized carbons (Fsp3) is 0.417. The molecule has 1 rings (SSSR count). The SMILES string of the molecule is CCOC(=O)c1ccnc(NC(C)C(=O)NC)c1N. The molecule has 4 N–H and O–H groups in total. The van der Waals surface area contributed by atoms with E-state index in [0.717, 1.165) is 0 Å². The minimum atomic E-state index is -0.516. The highest BCUT2D eigenvalue weighted by atomic mass is 16.5. The molecule has 1 aromatic heterocycles. The Bertz CT molecular complexity index is 476. The lowest BCUT2D eigenvalue weighted by Gasteiger charge is -2.15. The van der Waals surface area contributed by atoms with Crippen LogP contribution in [-0.2, 0) is 9.53 Å². The number of anilines is 2. The predicted molar refractivity (Wildman–Crippen MR) is 71.8 cm³/mol. The Kier molecular flexibility index (Phi) is 5.11. The Morgan fingerprint density at radius 3 is 2.79 bits per heavy atom. The zero-order chi connectivity index (χ0) is 14.4. The van der Waals surface area contributed by atoms with Crippen LogP contribution in [0.3, 0.4) is 0 Å². The molecule has 1 heterocycles. The molecule has 1 amide bonds. The maximum absolute atomic E-state index is 11.7. The Morgan fingerprint density at radius 1 is 1.53 bits per heavy atom. The number of amides is 1. The second-order valence-electron chi connectivity index (χ2n) is 3.82. The topological polar surface area (TPSA) is 106 Å². The molecule has 0 bridgehead atoms. The van der Waals surface area contributed by atoms with Crippen molar-refractivity contribution in [2.24, 2.45) is 0 Å². The number of nitrogens with one attached hydrogen (secondary N) is 2. The average molecular weight is 266 g/mol. The van der Waals surface area contributed by atoms with Gasteiger partial charge in [-0.25, -0.2) is 9.78 Å². The third-order valence-electron chi connectivity index (χ3n) is 2.48. The van der Waals surface area contributed by atoms with Gasteiger partial charge in [0.25, 0.3) is 0 Å². The van der Waals surface area contributed by atoms with E-state index in [2.05, 4.69) is 15.6 Å². The first kappa shape index (κ1) is 14.7. The van der Waals surface area contributed by atoms with Crippen molar-refractivity contribution in [1.29, 1.82) is 0 Å². The summed E-state index contributed by atoms with van der Waals surface area (Å²) in [5.74, 6) is -0.442. The van der Waals surface area contributed by atoms with Gasteiger partial charge in [0.2, 0.25) is 5.91 Å². The molecule has 0 saturated heterocycles. The van der Waals surface area contributed by atoms with Crippen LogP contribution in [0.4, 0.5) is 11.5 Å². The number of carbonyl (C=O) groups excluding carboxylic acids is 2. The van der Waals surface area contributed by atoms with Crippen molar-refractivity contribution in [2.75, 3.05) is 24.7 Å². The van der Waals surface area contributed by atoms with E-state index in [4.69, 9.17) is 10.5 Å². The molecule has 104 valence electrons. The summed E-state index contributed by atoms with van der Waals surface area (Å²) < 4.78 is 4.88. The van der Waals surface area contributed by atoms with Gasteiger partial charge in [-0.15, -0.1) is 0 Å². The van der Waals surface area contributed by atoms with Crippen LogP contribution in [0.15, 0.2) is 12.3 Å². The number of rotatable bonds is 5. The lowest BCUT2D eigenvalue weighted by molar-refractivity contribution is -0.121. The number of likely N-dealkylation sites (N-methyl/N-ethyl adjacent to an activating group) is 1. The van der Waals surface area contributed by atoms with Gasteiger partial charge in [-0.2, -0.15) is 0 Å². The molecule has 0 aliphatic carbocycles. The van der Waals surface area contributed by atoms with Crippen molar-refractivity contribution >= 4 is 23.4 Å². The van der Waals surface area contributed by atoms with Crippen LogP contribution in [0, 0.1) is 0 Å². The van der Waals surface area contributed by atoms with E-state index < -0.39 is 12.0 Å². The molecule has 1 atom stereocenters. The van der Waals surface area contributed by atoms with E-state index in [9.17, 15) is 9.59 Å². The van der Waals surface area contributed by atoms with Crippen LogP contribution in [0.5, 0.6) is 0 Å². The second-order valence-corrected chi connectivity index (χ2v) is 3.82. The molecule has 0 saturated carbocycles. The normalized spacial score (nSPS) is 11.5. The Hall–Kier alpha value is -2.31. The largest absolute Gasteiger partial charge is 0.462 e. The van der Waals surface area contributed by atoms with Crippen molar-refractivity contribution in [3.8, 4) is 0 Å². The molecule has 0 aromatic carbocycles. The summed E-state index contributed by atoms with van der Waals surface area (Å²) in [6.45, 7) is 3.64. The Morgan fingerprint density at radius 2 is 2.21 bits per heavy atom. The monoisotopic (exact) mass is 266 g/mol. The standard InChI is InChI=1S/C12H18N4O3/c1-4-19-12(18)8-5-6-15-10(9(8)13)16-7(2)11(17)14-3/h5-7H,4,13H2,1-3H3,(H,14,17)(H,15,16). The average Bonchev–Trinajstić information content (AvgIpc) is 2.40. The van der Waals surface area contributed by atoms with Crippen molar-refractivity contribution in [1.82, 2.24) is 10.3 Å². The molecule has 0 aliphatic rings. The first-order valence-corrected chi connectivity index (χ1v) is 5.91. The third-order valence-corrected chi connectivity index (χ3v) is 2.48. The van der Waals surface area contributed by atoms with Gasteiger partial charge in [-0.05, 0) is 19.9 Å². The van der Waals surface area contributed by atoms with Crippen molar-refractivity contribution in [3.63, 3.8) is 0 Å².